The summed E-state index contributed by atoms with van der Waals surface area (Å²) in [6.07, 6.45) is 3.22. The third-order valence-electron chi connectivity index (χ3n) is 4.63. The van der Waals surface area contributed by atoms with Crippen LogP contribution in [0.15, 0.2) is 67.0 Å². The summed E-state index contributed by atoms with van der Waals surface area (Å²) in [5, 5.41) is 2.80. The number of carbonyl (C=O) groups is 3. The van der Waals surface area contributed by atoms with Gasteiger partial charge in [0, 0.05) is 23.6 Å². The van der Waals surface area contributed by atoms with Gasteiger partial charge in [0.15, 0.2) is 0 Å². The Morgan fingerprint density at radius 2 is 1.61 bits per heavy atom. The number of carbonyl (C=O) groups excluding carboxylic acids is 3. The van der Waals surface area contributed by atoms with Gasteiger partial charge in [-0.1, -0.05) is 17.7 Å². The zero-order chi connectivity index (χ0) is 19.7. The number of benzene rings is 2. The molecule has 2 heterocycles. The van der Waals surface area contributed by atoms with Gasteiger partial charge in [0.05, 0.1) is 17.7 Å². The van der Waals surface area contributed by atoms with Gasteiger partial charge in [-0.15, -0.1) is 0 Å². The van der Waals surface area contributed by atoms with E-state index in [-0.39, 0.29) is 23.9 Å². The quantitative estimate of drug-likeness (QED) is 0.713. The molecule has 6 heteroatoms. The van der Waals surface area contributed by atoms with Crippen molar-refractivity contribution in [1.82, 2.24) is 9.88 Å². The van der Waals surface area contributed by atoms with Gasteiger partial charge >= 0.3 is 0 Å². The molecule has 1 aliphatic rings. The predicted molar refractivity (Wildman–Crippen MR) is 104 cm³/mol. The topological polar surface area (TPSA) is 79.4 Å². The minimum Gasteiger partial charge on any atom is -0.322 e. The SMILES string of the molecule is Cc1ccc(NC(=O)c2ccc3c(c2)C(=O)N(Cc2ccncc2)C3=O)cc1. The van der Waals surface area contributed by atoms with E-state index in [1.165, 1.54) is 17.0 Å². The molecule has 1 N–H and O–H groups in total. The largest absolute Gasteiger partial charge is 0.322 e. The van der Waals surface area contributed by atoms with Gasteiger partial charge in [-0.2, -0.15) is 0 Å². The Hall–Kier alpha value is -3.80. The number of nitrogens with zero attached hydrogens (tertiary/aromatic N) is 2. The van der Waals surface area contributed by atoms with Crippen LogP contribution < -0.4 is 5.32 Å². The summed E-state index contributed by atoms with van der Waals surface area (Å²) in [6, 6.07) is 15.5. The fourth-order valence-corrected chi connectivity index (χ4v) is 3.09. The summed E-state index contributed by atoms with van der Waals surface area (Å²) in [5.41, 5.74) is 3.45. The lowest BCUT2D eigenvalue weighted by atomic mass is 10.1. The monoisotopic (exact) mass is 371 g/mol. The average molecular weight is 371 g/mol. The minimum atomic E-state index is -0.401. The highest BCUT2D eigenvalue weighted by Gasteiger charge is 2.36. The zero-order valence-corrected chi connectivity index (χ0v) is 15.2. The number of aryl methyl sites for hydroxylation is 1. The van der Waals surface area contributed by atoms with Crippen LogP contribution in [0.25, 0.3) is 0 Å². The Kier molecular flexibility index (Phi) is 4.45. The molecular formula is C22H17N3O3. The summed E-state index contributed by atoms with van der Waals surface area (Å²) < 4.78 is 0. The molecule has 0 saturated heterocycles. The number of hydrogen-bond donors (Lipinski definition) is 1. The first kappa shape index (κ1) is 17.6. The highest BCUT2D eigenvalue weighted by molar-refractivity contribution is 6.22. The number of nitrogens with one attached hydrogen (secondary N) is 1. The van der Waals surface area contributed by atoms with E-state index in [4.69, 9.17) is 0 Å². The van der Waals surface area contributed by atoms with Gasteiger partial charge in [0.1, 0.15) is 0 Å². The Morgan fingerprint density at radius 1 is 0.929 bits per heavy atom. The van der Waals surface area contributed by atoms with Gasteiger partial charge in [-0.25, -0.2) is 0 Å². The van der Waals surface area contributed by atoms with Crippen molar-refractivity contribution in [2.75, 3.05) is 5.32 Å². The first-order chi connectivity index (χ1) is 13.5. The van der Waals surface area contributed by atoms with Crippen LogP contribution in [-0.4, -0.2) is 27.6 Å². The Bertz CT molecular complexity index is 1080. The summed E-state index contributed by atoms with van der Waals surface area (Å²) in [5.74, 6) is -1.09. The lowest BCUT2D eigenvalue weighted by molar-refractivity contribution is 0.0642. The maximum Gasteiger partial charge on any atom is 0.261 e. The van der Waals surface area contributed by atoms with Gasteiger partial charge < -0.3 is 5.32 Å². The maximum absolute atomic E-state index is 12.7. The number of fused-ring (bicyclic) bond motifs is 1. The first-order valence-corrected chi connectivity index (χ1v) is 8.80. The van der Waals surface area contributed by atoms with Crippen LogP contribution >= 0.6 is 0 Å². The highest BCUT2D eigenvalue weighted by Crippen LogP contribution is 2.26. The normalized spacial score (nSPS) is 12.8. The van der Waals surface area contributed by atoms with Crippen molar-refractivity contribution in [3.05, 3.63) is 94.8 Å². The summed E-state index contributed by atoms with van der Waals surface area (Å²) in [6.45, 7) is 2.13. The second-order valence-electron chi connectivity index (χ2n) is 6.63. The van der Waals surface area contributed by atoms with Crippen molar-refractivity contribution < 1.29 is 14.4 Å². The summed E-state index contributed by atoms with van der Waals surface area (Å²) in [7, 11) is 0. The molecule has 0 bridgehead atoms. The third-order valence-corrected chi connectivity index (χ3v) is 4.63. The number of pyridine rings is 1. The molecule has 3 amide bonds. The van der Waals surface area contributed by atoms with Crippen LogP contribution in [0.4, 0.5) is 5.69 Å². The zero-order valence-electron chi connectivity index (χ0n) is 15.2. The highest BCUT2D eigenvalue weighted by atomic mass is 16.2. The van der Waals surface area contributed by atoms with E-state index in [1.54, 1.807) is 30.6 Å². The van der Waals surface area contributed by atoms with Crippen LogP contribution in [-0.2, 0) is 6.54 Å². The standard InChI is InChI=1S/C22H17N3O3/c1-14-2-5-17(6-3-14)24-20(26)16-4-7-18-19(12-16)22(28)25(21(18)27)13-15-8-10-23-11-9-15/h2-12H,13H2,1H3,(H,24,26). The average Bonchev–Trinajstić information content (AvgIpc) is 2.95. The fourth-order valence-electron chi connectivity index (χ4n) is 3.09. The van der Waals surface area contributed by atoms with Crippen LogP contribution in [0.5, 0.6) is 0 Å². The number of rotatable bonds is 4. The number of amides is 3. The molecule has 0 atom stereocenters. The number of aromatic nitrogens is 1. The molecule has 0 unspecified atom stereocenters. The molecule has 28 heavy (non-hydrogen) atoms. The smallest absolute Gasteiger partial charge is 0.261 e. The van der Waals surface area contributed by atoms with Crippen LogP contribution in [0.3, 0.4) is 0 Å². The molecule has 6 nitrogen and oxygen atoms in total. The molecule has 1 aromatic heterocycles. The van der Waals surface area contributed by atoms with Crippen molar-refractivity contribution >= 4 is 23.4 Å². The van der Waals surface area contributed by atoms with Gasteiger partial charge in [0.2, 0.25) is 0 Å². The molecule has 0 aliphatic carbocycles. The second kappa shape index (κ2) is 7.08. The van der Waals surface area contributed by atoms with Gasteiger partial charge in [-0.05, 0) is 55.0 Å². The van der Waals surface area contributed by atoms with E-state index in [0.29, 0.717) is 16.8 Å². The van der Waals surface area contributed by atoms with Gasteiger partial charge in [-0.3, -0.25) is 24.3 Å². The van der Waals surface area contributed by atoms with Crippen LogP contribution in [0, 0.1) is 6.92 Å². The number of imide groups is 1. The summed E-state index contributed by atoms with van der Waals surface area (Å²) in [4.78, 5) is 43.0. The van der Waals surface area contributed by atoms with E-state index in [2.05, 4.69) is 10.3 Å². The molecule has 0 fully saturated rings. The van der Waals surface area contributed by atoms with Crippen molar-refractivity contribution in [3.63, 3.8) is 0 Å². The van der Waals surface area contributed by atoms with Crippen molar-refractivity contribution in [3.8, 4) is 0 Å². The molecule has 138 valence electrons. The Morgan fingerprint density at radius 3 is 2.32 bits per heavy atom. The number of hydrogen-bond acceptors (Lipinski definition) is 4. The summed E-state index contributed by atoms with van der Waals surface area (Å²) >= 11 is 0. The van der Waals surface area contributed by atoms with Crippen LogP contribution in [0.1, 0.15) is 42.2 Å². The van der Waals surface area contributed by atoms with E-state index in [1.807, 2.05) is 31.2 Å². The molecule has 0 spiro atoms. The van der Waals surface area contributed by atoms with E-state index in [0.717, 1.165) is 11.1 Å². The fraction of sp³-hybridized carbons (Fsp3) is 0.0909. The molecule has 4 rings (SSSR count). The van der Waals surface area contributed by atoms with E-state index < -0.39 is 5.91 Å². The first-order valence-electron chi connectivity index (χ1n) is 8.80. The molecule has 0 radical (unpaired) electrons. The lowest BCUT2D eigenvalue weighted by Crippen LogP contribution is -2.29. The molecule has 2 aromatic carbocycles. The molecule has 1 aliphatic heterocycles. The second-order valence-corrected chi connectivity index (χ2v) is 6.63. The van der Waals surface area contributed by atoms with Crippen molar-refractivity contribution in [1.29, 1.82) is 0 Å². The van der Waals surface area contributed by atoms with E-state index in [9.17, 15) is 14.4 Å². The van der Waals surface area contributed by atoms with Crippen molar-refractivity contribution in [2.45, 2.75) is 13.5 Å². The molecule has 3 aromatic rings. The van der Waals surface area contributed by atoms with Gasteiger partial charge in [0.25, 0.3) is 17.7 Å². The minimum absolute atomic E-state index is 0.166. The maximum atomic E-state index is 12.7. The van der Waals surface area contributed by atoms with Crippen LogP contribution in [0.2, 0.25) is 0 Å². The van der Waals surface area contributed by atoms with E-state index >= 15 is 0 Å². The third kappa shape index (κ3) is 3.27. The lowest BCUT2D eigenvalue weighted by Gasteiger charge is -2.13. The Labute approximate surface area is 161 Å². The molecule has 0 saturated carbocycles. The van der Waals surface area contributed by atoms with Crippen molar-refractivity contribution in [2.24, 2.45) is 0 Å². The predicted octanol–water partition coefficient (Wildman–Crippen LogP) is 3.44. The number of anilines is 1. The molecular weight excluding hydrogens is 354 g/mol. The Balaban J connectivity index is 1.56.